The molecule has 5 nitrogen and oxygen atoms in total. The molecule has 0 atom stereocenters. The lowest BCUT2D eigenvalue weighted by molar-refractivity contribution is -0.153. The van der Waals surface area contributed by atoms with Crippen molar-refractivity contribution in [2.24, 2.45) is 11.3 Å². The fourth-order valence-corrected chi connectivity index (χ4v) is 4.94. The first kappa shape index (κ1) is 19.9. The van der Waals surface area contributed by atoms with Crippen molar-refractivity contribution in [2.75, 3.05) is 32.8 Å². The van der Waals surface area contributed by atoms with Gasteiger partial charge in [-0.25, -0.2) is 0 Å². The number of likely N-dealkylation sites (tertiary alicyclic amines) is 1. The maximum atomic E-state index is 11.6. The Bertz CT molecular complexity index is 838. The van der Waals surface area contributed by atoms with Gasteiger partial charge in [-0.05, 0) is 62.6 Å². The summed E-state index contributed by atoms with van der Waals surface area (Å²) >= 11 is 0. The van der Waals surface area contributed by atoms with Crippen LogP contribution in [0.5, 0.6) is 5.75 Å². The maximum Gasteiger partial charge on any atom is 0.320 e. The lowest BCUT2D eigenvalue weighted by Crippen LogP contribution is -2.63. The molecule has 29 heavy (non-hydrogen) atoms. The number of ether oxygens (including phenoxy) is 2. The largest absolute Gasteiger partial charge is 0.493 e. The third-order valence-corrected chi connectivity index (χ3v) is 6.23. The molecule has 1 aliphatic carbocycles. The average molecular weight is 395 g/mol. The molecule has 0 radical (unpaired) electrons. The molecule has 1 aliphatic heterocycles. The van der Waals surface area contributed by atoms with Crippen LogP contribution in [-0.4, -0.2) is 48.7 Å². The zero-order valence-electron chi connectivity index (χ0n) is 17.4. The quantitative estimate of drug-likeness (QED) is 0.631. The van der Waals surface area contributed by atoms with Crippen LogP contribution in [0.3, 0.4) is 0 Å². The molecule has 0 bridgehead atoms. The van der Waals surface area contributed by atoms with Crippen LogP contribution in [0.1, 0.15) is 31.7 Å². The van der Waals surface area contributed by atoms with Crippen molar-refractivity contribution in [2.45, 2.75) is 33.1 Å². The van der Waals surface area contributed by atoms with E-state index in [1.165, 1.54) is 12.8 Å². The van der Waals surface area contributed by atoms with Crippen LogP contribution in [0.15, 0.2) is 42.6 Å². The van der Waals surface area contributed by atoms with E-state index in [2.05, 4.69) is 22.9 Å². The van der Waals surface area contributed by atoms with Crippen molar-refractivity contribution in [3.05, 3.63) is 48.2 Å². The highest BCUT2D eigenvalue weighted by atomic mass is 16.5. The molecule has 1 spiro atoms. The van der Waals surface area contributed by atoms with Gasteiger partial charge in [-0.2, -0.15) is 0 Å². The zero-order valence-corrected chi connectivity index (χ0v) is 17.4. The van der Waals surface area contributed by atoms with E-state index < -0.39 is 0 Å². The Hall–Kier alpha value is -2.40. The van der Waals surface area contributed by atoms with Crippen LogP contribution in [0, 0.1) is 18.3 Å². The van der Waals surface area contributed by atoms with Crippen LogP contribution in [0.4, 0.5) is 0 Å². The smallest absolute Gasteiger partial charge is 0.320 e. The summed E-state index contributed by atoms with van der Waals surface area (Å²) in [4.78, 5) is 18.2. The first-order chi connectivity index (χ1) is 14.1. The first-order valence-electron chi connectivity index (χ1n) is 10.6. The van der Waals surface area contributed by atoms with Gasteiger partial charge < -0.3 is 9.47 Å². The Morgan fingerprint density at radius 2 is 2.03 bits per heavy atom. The van der Waals surface area contributed by atoms with Gasteiger partial charge in [0, 0.05) is 30.4 Å². The van der Waals surface area contributed by atoms with E-state index in [0.717, 1.165) is 54.6 Å². The van der Waals surface area contributed by atoms with Crippen LogP contribution in [-0.2, 0) is 9.53 Å². The molecule has 0 unspecified atom stereocenters. The molecule has 1 saturated heterocycles. The molecule has 0 amide bonds. The third-order valence-electron chi connectivity index (χ3n) is 6.23. The summed E-state index contributed by atoms with van der Waals surface area (Å²) in [5.41, 5.74) is 3.70. The molecule has 4 rings (SSSR count). The third kappa shape index (κ3) is 4.45. The number of pyridine rings is 1. The van der Waals surface area contributed by atoms with Gasteiger partial charge in [0.25, 0.3) is 0 Å². The van der Waals surface area contributed by atoms with E-state index in [1.54, 1.807) is 0 Å². The minimum absolute atomic E-state index is 0.102. The number of esters is 1. The van der Waals surface area contributed by atoms with E-state index in [4.69, 9.17) is 9.47 Å². The maximum absolute atomic E-state index is 11.6. The Morgan fingerprint density at radius 3 is 2.76 bits per heavy atom. The number of rotatable bonds is 8. The second-order valence-electron chi connectivity index (χ2n) is 8.51. The SMILES string of the molecule is CCOC(=O)CN1CC2(CC(CCOc3cccc(-c4ccccn4)c3C)C2)C1. The molecule has 0 N–H and O–H groups in total. The normalized spacial score (nSPS) is 18.1. The Balaban J connectivity index is 1.21. The molecule has 2 heterocycles. The number of hydrogen-bond donors (Lipinski definition) is 0. The average Bonchev–Trinajstić information content (AvgIpc) is 2.66. The lowest BCUT2D eigenvalue weighted by Gasteiger charge is -2.59. The molecule has 2 aromatic rings. The number of aromatic nitrogens is 1. The summed E-state index contributed by atoms with van der Waals surface area (Å²) in [7, 11) is 0. The molecule has 5 heteroatoms. The van der Waals surface area contributed by atoms with Gasteiger partial charge in [0.15, 0.2) is 0 Å². The molecular formula is C24H30N2O3. The Kier molecular flexibility index (Phi) is 5.86. The van der Waals surface area contributed by atoms with Crippen molar-refractivity contribution < 1.29 is 14.3 Å². The highest BCUT2D eigenvalue weighted by Crippen LogP contribution is 2.52. The summed E-state index contributed by atoms with van der Waals surface area (Å²) in [5, 5.41) is 0. The van der Waals surface area contributed by atoms with Gasteiger partial charge in [0.1, 0.15) is 5.75 Å². The molecule has 2 fully saturated rings. The second kappa shape index (κ2) is 8.54. The topological polar surface area (TPSA) is 51.7 Å². The van der Waals surface area contributed by atoms with Gasteiger partial charge in [-0.3, -0.25) is 14.7 Å². The van der Waals surface area contributed by atoms with Crippen LogP contribution in [0.25, 0.3) is 11.3 Å². The van der Waals surface area contributed by atoms with E-state index in [0.29, 0.717) is 18.6 Å². The molecular weight excluding hydrogens is 364 g/mol. The van der Waals surface area contributed by atoms with Crippen molar-refractivity contribution in [1.82, 2.24) is 9.88 Å². The number of nitrogens with zero attached hydrogens (tertiary/aromatic N) is 2. The van der Waals surface area contributed by atoms with Crippen LogP contribution in [0.2, 0.25) is 0 Å². The minimum atomic E-state index is -0.102. The van der Waals surface area contributed by atoms with E-state index in [1.807, 2.05) is 43.5 Å². The zero-order chi connectivity index (χ0) is 20.3. The van der Waals surface area contributed by atoms with Gasteiger partial charge in [-0.1, -0.05) is 18.2 Å². The van der Waals surface area contributed by atoms with Gasteiger partial charge >= 0.3 is 5.97 Å². The summed E-state index contributed by atoms with van der Waals surface area (Å²) < 4.78 is 11.2. The van der Waals surface area contributed by atoms with Crippen LogP contribution >= 0.6 is 0 Å². The molecule has 2 aliphatic rings. The van der Waals surface area contributed by atoms with Crippen LogP contribution < -0.4 is 4.74 Å². The highest BCUT2D eigenvalue weighted by molar-refractivity contribution is 5.71. The van der Waals surface area contributed by atoms with Gasteiger partial charge in [-0.15, -0.1) is 0 Å². The fourth-order valence-electron chi connectivity index (χ4n) is 4.94. The molecule has 1 aromatic heterocycles. The number of benzene rings is 1. The molecule has 1 aromatic carbocycles. The predicted octanol–water partition coefficient (Wildman–Crippen LogP) is 4.10. The van der Waals surface area contributed by atoms with E-state index >= 15 is 0 Å². The van der Waals surface area contributed by atoms with E-state index in [-0.39, 0.29) is 5.97 Å². The lowest BCUT2D eigenvalue weighted by atomic mass is 9.57. The summed E-state index contributed by atoms with van der Waals surface area (Å²) in [6.07, 6.45) is 5.42. The number of carbonyl (C=O) groups is 1. The fraction of sp³-hybridized carbons (Fsp3) is 0.500. The van der Waals surface area contributed by atoms with E-state index in [9.17, 15) is 4.79 Å². The van der Waals surface area contributed by atoms with Crippen molar-refractivity contribution in [3.8, 4) is 17.0 Å². The monoisotopic (exact) mass is 394 g/mol. The van der Waals surface area contributed by atoms with Crippen molar-refractivity contribution >= 4 is 5.97 Å². The Morgan fingerprint density at radius 1 is 1.21 bits per heavy atom. The van der Waals surface area contributed by atoms with Gasteiger partial charge in [0.2, 0.25) is 0 Å². The Labute approximate surface area is 173 Å². The minimum Gasteiger partial charge on any atom is -0.493 e. The standard InChI is InChI=1S/C24H30N2O3/c1-3-28-23(27)15-26-16-24(17-26)13-19(14-24)10-12-29-22-9-6-7-20(18(22)2)21-8-4-5-11-25-21/h4-9,11,19H,3,10,12-17H2,1-2H3. The first-order valence-corrected chi connectivity index (χ1v) is 10.6. The molecule has 1 saturated carbocycles. The summed E-state index contributed by atoms with van der Waals surface area (Å²) in [6.45, 7) is 7.68. The second-order valence-corrected chi connectivity index (χ2v) is 8.51. The molecule has 154 valence electrons. The summed E-state index contributed by atoms with van der Waals surface area (Å²) in [6, 6.07) is 12.2. The van der Waals surface area contributed by atoms with Gasteiger partial charge in [0.05, 0.1) is 25.5 Å². The number of carbonyl (C=O) groups excluding carboxylic acids is 1. The highest BCUT2D eigenvalue weighted by Gasteiger charge is 2.52. The number of hydrogen-bond acceptors (Lipinski definition) is 5. The summed E-state index contributed by atoms with van der Waals surface area (Å²) in [5.74, 6) is 1.58. The van der Waals surface area contributed by atoms with Crippen molar-refractivity contribution in [3.63, 3.8) is 0 Å². The predicted molar refractivity (Wildman–Crippen MR) is 113 cm³/mol. The van der Waals surface area contributed by atoms with Crippen molar-refractivity contribution in [1.29, 1.82) is 0 Å².